The Morgan fingerprint density at radius 1 is 1.15 bits per heavy atom. The van der Waals surface area contributed by atoms with Gasteiger partial charge >= 0.3 is 0 Å². The van der Waals surface area contributed by atoms with Gasteiger partial charge in [0.05, 0.1) is 24.9 Å². The molecule has 13 heavy (non-hydrogen) atoms. The lowest BCUT2D eigenvalue weighted by Crippen LogP contribution is -2.44. The number of rotatable bonds is 1. The second kappa shape index (κ2) is 3.53. The molecule has 2 rings (SSSR count). The van der Waals surface area contributed by atoms with E-state index in [2.05, 4.69) is 4.90 Å². The third-order valence-corrected chi connectivity index (χ3v) is 3.34. The zero-order valence-corrected chi connectivity index (χ0v) is 7.63. The number of aliphatic hydroxyl groups is 3. The van der Waals surface area contributed by atoms with Crippen LogP contribution in [0.15, 0.2) is 0 Å². The van der Waals surface area contributed by atoms with Crippen LogP contribution >= 0.6 is 0 Å². The van der Waals surface area contributed by atoms with Crippen LogP contribution in [0.1, 0.15) is 19.3 Å². The first kappa shape index (κ1) is 9.40. The van der Waals surface area contributed by atoms with Crippen LogP contribution in [0.4, 0.5) is 0 Å². The first-order chi connectivity index (χ1) is 6.25. The molecule has 0 saturated carbocycles. The summed E-state index contributed by atoms with van der Waals surface area (Å²) in [6.45, 7) is 0.832. The van der Waals surface area contributed by atoms with E-state index < -0.39 is 12.2 Å². The molecule has 0 radical (unpaired) electrons. The molecule has 2 heterocycles. The maximum Gasteiger partial charge on any atom is 0.0991 e. The van der Waals surface area contributed by atoms with Gasteiger partial charge in [-0.05, 0) is 19.4 Å². The molecule has 3 N–H and O–H groups in total. The molecule has 0 aromatic rings. The Bertz CT molecular complexity index is 178. The monoisotopic (exact) mass is 187 g/mol. The zero-order chi connectivity index (χ0) is 9.42. The van der Waals surface area contributed by atoms with Crippen molar-refractivity contribution >= 4 is 0 Å². The van der Waals surface area contributed by atoms with Crippen LogP contribution in [0.3, 0.4) is 0 Å². The Hall–Kier alpha value is -0.160. The summed E-state index contributed by atoms with van der Waals surface area (Å²) in [4.78, 5) is 2.05. The van der Waals surface area contributed by atoms with Crippen molar-refractivity contribution < 1.29 is 15.3 Å². The van der Waals surface area contributed by atoms with Crippen LogP contribution in [-0.4, -0.2) is 57.7 Å². The number of hydrogen-bond donors (Lipinski definition) is 3. The minimum Gasteiger partial charge on any atom is -0.395 e. The summed E-state index contributed by atoms with van der Waals surface area (Å²) >= 11 is 0. The fourth-order valence-corrected chi connectivity index (χ4v) is 2.62. The van der Waals surface area contributed by atoms with Gasteiger partial charge < -0.3 is 15.3 Å². The number of piperidine rings is 1. The summed E-state index contributed by atoms with van der Waals surface area (Å²) in [5.74, 6) is 0. The van der Waals surface area contributed by atoms with Crippen LogP contribution in [-0.2, 0) is 0 Å². The van der Waals surface area contributed by atoms with E-state index in [1.54, 1.807) is 0 Å². The molecular formula is C9H17NO3. The van der Waals surface area contributed by atoms with Gasteiger partial charge in [0.15, 0.2) is 0 Å². The third kappa shape index (κ3) is 1.38. The molecule has 0 bridgehead atoms. The van der Waals surface area contributed by atoms with E-state index in [1.807, 2.05) is 0 Å². The zero-order valence-electron chi connectivity index (χ0n) is 7.63. The maximum absolute atomic E-state index is 9.69. The highest BCUT2D eigenvalue weighted by Crippen LogP contribution is 2.31. The fourth-order valence-electron chi connectivity index (χ4n) is 2.62. The van der Waals surface area contributed by atoms with Crippen LogP contribution in [0, 0.1) is 0 Å². The quantitative estimate of drug-likeness (QED) is 0.489. The molecule has 2 fully saturated rings. The molecule has 2 aliphatic heterocycles. The molecule has 4 atom stereocenters. The number of hydrogen-bond acceptors (Lipinski definition) is 4. The van der Waals surface area contributed by atoms with Gasteiger partial charge in [-0.1, -0.05) is 6.42 Å². The Balaban J connectivity index is 2.14. The van der Waals surface area contributed by atoms with E-state index >= 15 is 0 Å². The Kier molecular flexibility index (Phi) is 2.55. The van der Waals surface area contributed by atoms with Gasteiger partial charge in [0.1, 0.15) is 0 Å². The minimum atomic E-state index is -0.770. The minimum absolute atomic E-state index is 0.0608. The molecule has 0 amide bonds. The lowest BCUT2D eigenvalue weighted by molar-refractivity contribution is 0.0183. The van der Waals surface area contributed by atoms with Crippen molar-refractivity contribution in [3.63, 3.8) is 0 Å². The molecule has 0 unspecified atom stereocenters. The summed E-state index contributed by atoms with van der Waals surface area (Å²) in [6.07, 6.45) is 1.72. The van der Waals surface area contributed by atoms with E-state index in [1.165, 1.54) is 0 Å². The van der Waals surface area contributed by atoms with Gasteiger partial charge in [-0.15, -0.1) is 0 Å². The Morgan fingerprint density at radius 3 is 2.62 bits per heavy atom. The lowest BCUT2D eigenvalue weighted by Gasteiger charge is -2.33. The summed E-state index contributed by atoms with van der Waals surface area (Å²) in [5, 5.41) is 28.4. The molecular weight excluding hydrogens is 170 g/mol. The fraction of sp³-hybridized carbons (Fsp3) is 1.00. The van der Waals surface area contributed by atoms with Gasteiger partial charge in [0.25, 0.3) is 0 Å². The van der Waals surface area contributed by atoms with E-state index in [4.69, 9.17) is 5.11 Å². The van der Waals surface area contributed by atoms with Crippen LogP contribution in [0.2, 0.25) is 0 Å². The molecule has 0 aliphatic carbocycles. The SMILES string of the molecule is OC[C@@H]1[C@H](O)[C@@H](O)[C@@H]2CCCCN12. The average molecular weight is 187 g/mol. The summed E-state index contributed by atoms with van der Waals surface area (Å²) in [5.41, 5.74) is 0. The molecule has 0 spiro atoms. The highest BCUT2D eigenvalue weighted by molar-refractivity contribution is 5.01. The smallest absolute Gasteiger partial charge is 0.0991 e. The Labute approximate surface area is 77.8 Å². The topological polar surface area (TPSA) is 63.9 Å². The number of aliphatic hydroxyl groups excluding tert-OH is 3. The predicted molar refractivity (Wildman–Crippen MR) is 47.2 cm³/mol. The van der Waals surface area contributed by atoms with Crippen LogP contribution < -0.4 is 0 Å². The molecule has 0 aromatic carbocycles. The van der Waals surface area contributed by atoms with Crippen LogP contribution in [0.25, 0.3) is 0 Å². The first-order valence-corrected chi connectivity index (χ1v) is 4.98. The standard InChI is InChI=1S/C9H17NO3/c11-5-7-9(13)8(12)6-3-1-2-4-10(6)7/h6-9,11-13H,1-5H2/t6-,7+,8-,9-/m0/s1. The van der Waals surface area contributed by atoms with E-state index in [0.29, 0.717) is 0 Å². The second-order valence-corrected chi connectivity index (χ2v) is 4.03. The van der Waals surface area contributed by atoms with Gasteiger partial charge in [-0.25, -0.2) is 0 Å². The van der Waals surface area contributed by atoms with Crippen molar-refractivity contribution in [3.05, 3.63) is 0 Å². The molecule has 4 heteroatoms. The normalized spacial score (nSPS) is 46.4. The summed E-state index contributed by atoms with van der Waals surface area (Å²) in [6, 6.07) is -0.179. The number of nitrogens with zero attached hydrogens (tertiary/aromatic N) is 1. The Morgan fingerprint density at radius 2 is 1.92 bits per heavy atom. The first-order valence-electron chi connectivity index (χ1n) is 4.98. The van der Waals surface area contributed by atoms with E-state index in [0.717, 1.165) is 25.8 Å². The molecule has 4 nitrogen and oxygen atoms in total. The van der Waals surface area contributed by atoms with Crippen molar-refractivity contribution in [2.75, 3.05) is 13.2 Å². The van der Waals surface area contributed by atoms with Crippen LogP contribution in [0.5, 0.6) is 0 Å². The largest absolute Gasteiger partial charge is 0.395 e. The number of fused-ring (bicyclic) bond motifs is 1. The molecule has 2 aliphatic rings. The van der Waals surface area contributed by atoms with Gasteiger partial charge in [-0.2, -0.15) is 0 Å². The average Bonchev–Trinajstić information content (AvgIpc) is 2.41. The second-order valence-electron chi connectivity index (χ2n) is 4.03. The molecule has 76 valence electrons. The third-order valence-electron chi connectivity index (χ3n) is 3.34. The van der Waals surface area contributed by atoms with E-state index in [9.17, 15) is 10.2 Å². The lowest BCUT2D eigenvalue weighted by atomic mass is 10.0. The van der Waals surface area contributed by atoms with Crippen molar-refractivity contribution in [2.24, 2.45) is 0 Å². The van der Waals surface area contributed by atoms with Gasteiger partial charge in [0.2, 0.25) is 0 Å². The van der Waals surface area contributed by atoms with Crippen molar-refractivity contribution in [1.82, 2.24) is 4.90 Å². The van der Waals surface area contributed by atoms with Crippen molar-refractivity contribution in [1.29, 1.82) is 0 Å². The van der Waals surface area contributed by atoms with Gasteiger partial charge in [0, 0.05) is 6.04 Å². The molecule has 0 aromatic heterocycles. The highest BCUT2D eigenvalue weighted by atomic mass is 16.3. The molecule has 2 saturated heterocycles. The van der Waals surface area contributed by atoms with Crippen molar-refractivity contribution in [2.45, 2.75) is 43.6 Å². The van der Waals surface area contributed by atoms with Gasteiger partial charge in [-0.3, -0.25) is 4.90 Å². The maximum atomic E-state index is 9.69. The van der Waals surface area contributed by atoms with Crippen molar-refractivity contribution in [3.8, 4) is 0 Å². The van der Waals surface area contributed by atoms with E-state index in [-0.39, 0.29) is 18.7 Å². The highest BCUT2D eigenvalue weighted by Gasteiger charge is 2.47. The summed E-state index contributed by atoms with van der Waals surface area (Å²) < 4.78 is 0. The predicted octanol–water partition coefficient (Wildman–Crippen LogP) is -1.06. The summed E-state index contributed by atoms with van der Waals surface area (Å²) in [7, 11) is 0.